The number of benzene rings is 2. The van der Waals surface area contributed by atoms with Gasteiger partial charge < -0.3 is 11.1 Å². The molecule has 0 heterocycles. The van der Waals surface area contributed by atoms with Crippen LogP contribution in [0.4, 0.5) is 10.1 Å². The van der Waals surface area contributed by atoms with E-state index in [0.29, 0.717) is 4.47 Å². The Bertz CT molecular complexity index is 657. The molecule has 2 aromatic carbocycles. The van der Waals surface area contributed by atoms with Gasteiger partial charge in [-0.2, -0.15) is 0 Å². The molecule has 104 valence electrons. The van der Waals surface area contributed by atoms with Crippen molar-refractivity contribution in [2.24, 2.45) is 5.73 Å². The summed E-state index contributed by atoms with van der Waals surface area (Å²) in [6.07, 6.45) is 0.855. The Morgan fingerprint density at radius 1 is 1.25 bits per heavy atom. The van der Waals surface area contributed by atoms with Crippen molar-refractivity contribution in [3.05, 3.63) is 63.4 Å². The number of hydrogen-bond acceptors (Lipinski definition) is 2. The highest BCUT2D eigenvalue weighted by atomic mass is 79.9. The third-order valence-corrected chi connectivity index (χ3v) is 4.47. The second-order valence-electron chi connectivity index (χ2n) is 5.25. The molecule has 20 heavy (non-hydrogen) atoms. The average molecular weight is 335 g/mol. The lowest BCUT2D eigenvalue weighted by Crippen LogP contribution is -2.10. The summed E-state index contributed by atoms with van der Waals surface area (Å²) in [7, 11) is 0. The topological polar surface area (TPSA) is 38.0 Å². The number of aryl methyl sites for hydroxylation is 1. The van der Waals surface area contributed by atoms with Gasteiger partial charge in [0.1, 0.15) is 5.82 Å². The van der Waals surface area contributed by atoms with E-state index in [0.717, 1.165) is 17.7 Å². The molecule has 0 fully saturated rings. The molecule has 0 aromatic heterocycles. The van der Waals surface area contributed by atoms with E-state index in [9.17, 15) is 4.39 Å². The standard InChI is InChI=1S/C16H16BrFN2/c1-9-6-13(18)12(17)7-15(9)20-16-8-14(19)10-4-2-3-5-11(10)16/h2-7,14,16,20H,8,19H2,1H3. The molecule has 3 N–H and O–H groups in total. The lowest BCUT2D eigenvalue weighted by Gasteiger charge is -2.18. The van der Waals surface area contributed by atoms with Crippen LogP contribution in [0.3, 0.4) is 0 Å². The first-order valence-electron chi connectivity index (χ1n) is 6.63. The summed E-state index contributed by atoms with van der Waals surface area (Å²) in [4.78, 5) is 0. The van der Waals surface area contributed by atoms with Gasteiger partial charge in [0, 0.05) is 11.7 Å². The van der Waals surface area contributed by atoms with E-state index in [1.807, 2.05) is 19.1 Å². The molecule has 2 aromatic rings. The zero-order valence-corrected chi connectivity index (χ0v) is 12.7. The molecule has 2 nitrogen and oxygen atoms in total. The summed E-state index contributed by atoms with van der Waals surface area (Å²) in [5.41, 5.74) is 10.4. The van der Waals surface area contributed by atoms with Gasteiger partial charge in [0.15, 0.2) is 0 Å². The lowest BCUT2D eigenvalue weighted by atomic mass is 10.1. The SMILES string of the molecule is Cc1cc(F)c(Br)cc1NC1CC(N)c2ccccc21. The van der Waals surface area contributed by atoms with Crippen LogP contribution in [0.5, 0.6) is 0 Å². The van der Waals surface area contributed by atoms with Crippen molar-refractivity contribution in [3.8, 4) is 0 Å². The maximum absolute atomic E-state index is 13.5. The maximum atomic E-state index is 13.5. The molecule has 2 unspecified atom stereocenters. The number of rotatable bonds is 2. The second-order valence-corrected chi connectivity index (χ2v) is 6.10. The van der Waals surface area contributed by atoms with Gasteiger partial charge in [0.25, 0.3) is 0 Å². The molecule has 3 rings (SSSR count). The van der Waals surface area contributed by atoms with Gasteiger partial charge in [-0.1, -0.05) is 24.3 Å². The van der Waals surface area contributed by atoms with Crippen LogP contribution >= 0.6 is 15.9 Å². The Morgan fingerprint density at radius 2 is 1.95 bits per heavy atom. The Morgan fingerprint density at radius 3 is 2.70 bits per heavy atom. The molecular weight excluding hydrogens is 319 g/mol. The summed E-state index contributed by atoms with van der Waals surface area (Å²) in [6.45, 7) is 1.90. The van der Waals surface area contributed by atoms with Gasteiger partial charge in [-0.25, -0.2) is 4.39 Å². The van der Waals surface area contributed by atoms with Crippen LogP contribution < -0.4 is 11.1 Å². The average Bonchev–Trinajstić information content (AvgIpc) is 2.74. The Kier molecular flexibility index (Phi) is 3.52. The number of halogens is 2. The molecule has 0 radical (unpaired) electrons. The minimum atomic E-state index is -0.239. The van der Waals surface area contributed by atoms with Gasteiger partial charge in [-0.3, -0.25) is 0 Å². The van der Waals surface area contributed by atoms with E-state index in [-0.39, 0.29) is 17.9 Å². The summed E-state index contributed by atoms with van der Waals surface area (Å²) in [5.74, 6) is -0.239. The van der Waals surface area contributed by atoms with Crippen molar-refractivity contribution in [1.29, 1.82) is 0 Å². The van der Waals surface area contributed by atoms with Crippen LogP contribution in [-0.2, 0) is 0 Å². The van der Waals surface area contributed by atoms with E-state index in [1.165, 1.54) is 17.2 Å². The van der Waals surface area contributed by atoms with Crippen LogP contribution in [-0.4, -0.2) is 0 Å². The largest absolute Gasteiger partial charge is 0.378 e. The molecule has 0 saturated heterocycles. The number of nitrogens with one attached hydrogen (secondary N) is 1. The zero-order chi connectivity index (χ0) is 14.3. The van der Waals surface area contributed by atoms with Crippen LogP contribution in [0.2, 0.25) is 0 Å². The van der Waals surface area contributed by atoms with Crippen molar-refractivity contribution < 1.29 is 4.39 Å². The van der Waals surface area contributed by atoms with Gasteiger partial charge >= 0.3 is 0 Å². The smallest absolute Gasteiger partial charge is 0.137 e. The molecule has 1 aliphatic rings. The van der Waals surface area contributed by atoms with E-state index >= 15 is 0 Å². The van der Waals surface area contributed by atoms with Gasteiger partial charge in [-0.05, 0) is 58.1 Å². The summed E-state index contributed by atoms with van der Waals surface area (Å²) in [5, 5.41) is 3.49. The summed E-state index contributed by atoms with van der Waals surface area (Å²) < 4.78 is 14.0. The van der Waals surface area contributed by atoms with Crippen molar-refractivity contribution in [3.63, 3.8) is 0 Å². The van der Waals surface area contributed by atoms with Crippen molar-refractivity contribution in [2.45, 2.75) is 25.4 Å². The van der Waals surface area contributed by atoms with Gasteiger partial charge in [0.05, 0.1) is 10.5 Å². The third-order valence-electron chi connectivity index (χ3n) is 3.86. The second kappa shape index (κ2) is 5.19. The molecule has 0 aliphatic heterocycles. The number of fused-ring (bicyclic) bond motifs is 1. The fourth-order valence-electron chi connectivity index (χ4n) is 2.80. The highest BCUT2D eigenvalue weighted by molar-refractivity contribution is 9.10. The minimum Gasteiger partial charge on any atom is -0.378 e. The van der Waals surface area contributed by atoms with E-state index in [4.69, 9.17) is 5.73 Å². The van der Waals surface area contributed by atoms with E-state index in [2.05, 4.69) is 33.4 Å². The van der Waals surface area contributed by atoms with Gasteiger partial charge in [0.2, 0.25) is 0 Å². The highest BCUT2D eigenvalue weighted by Gasteiger charge is 2.28. The fraction of sp³-hybridized carbons (Fsp3) is 0.250. The molecule has 1 aliphatic carbocycles. The molecular formula is C16H16BrFN2. The van der Waals surface area contributed by atoms with Crippen molar-refractivity contribution in [2.75, 3.05) is 5.32 Å². The van der Waals surface area contributed by atoms with Crippen LogP contribution in [0, 0.1) is 12.7 Å². The lowest BCUT2D eigenvalue weighted by molar-refractivity contribution is 0.619. The molecule has 0 amide bonds. The predicted octanol–water partition coefficient (Wildman–Crippen LogP) is 4.45. The maximum Gasteiger partial charge on any atom is 0.137 e. The Balaban J connectivity index is 1.92. The van der Waals surface area contributed by atoms with Crippen LogP contribution in [0.25, 0.3) is 0 Å². The first kappa shape index (κ1) is 13.6. The minimum absolute atomic E-state index is 0.0629. The van der Waals surface area contributed by atoms with E-state index < -0.39 is 0 Å². The molecule has 0 saturated carbocycles. The van der Waals surface area contributed by atoms with Crippen molar-refractivity contribution in [1.82, 2.24) is 0 Å². The number of hydrogen-bond donors (Lipinski definition) is 2. The fourth-order valence-corrected chi connectivity index (χ4v) is 3.14. The summed E-state index contributed by atoms with van der Waals surface area (Å²) >= 11 is 3.23. The molecule has 4 heteroatoms. The van der Waals surface area contributed by atoms with Crippen LogP contribution in [0.15, 0.2) is 40.9 Å². The predicted molar refractivity (Wildman–Crippen MR) is 83.2 cm³/mol. The Labute approximate surface area is 126 Å². The monoisotopic (exact) mass is 334 g/mol. The molecule has 2 atom stereocenters. The summed E-state index contributed by atoms with van der Waals surface area (Å²) in [6, 6.07) is 11.8. The van der Waals surface area contributed by atoms with Crippen LogP contribution in [0.1, 0.15) is 35.2 Å². The third kappa shape index (κ3) is 2.34. The number of nitrogens with two attached hydrogens (primary N) is 1. The Hall–Kier alpha value is -1.39. The van der Waals surface area contributed by atoms with E-state index in [1.54, 1.807) is 6.07 Å². The quantitative estimate of drug-likeness (QED) is 0.851. The molecule has 0 spiro atoms. The molecule has 0 bridgehead atoms. The first-order chi connectivity index (χ1) is 9.56. The number of anilines is 1. The zero-order valence-electron chi connectivity index (χ0n) is 11.2. The highest BCUT2D eigenvalue weighted by Crippen LogP contribution is 2.40. The van der Waals surface area contributed by atoms with Crippen molar-refractivity contribution >= 4 is 21.6 Å². The normalized spacial score (nSPS) is 20.8. The van der Waals surface area contributed by atoms with Gasteiger partial charge in [-0.15, -0.1) is 0 Å². The first-order valence-corrected chi connectivity index (χ1v) is 7.42.